The number of nitrogens with zero attached hydrogens (tertiary/aromatic N) is 2. The van der Waals surface area contributed by atoms with Crippen molar-refractivity contribution in [2.75, 3.05) is 19.8 Å². The molecule has 28 heavy (non-hydrogen) atoms. The Morgan fingerprint density at radius 3 is 2.32 bits per heavy atom. The molecule has 1 atom stereocenters. The number of hydrogen-bond acceptors (Lipinski definition) is 7. The number of β-amino-alcohol motifs (C(OH)–C–C–N with tert-alkyl or cyclic N) is 1. The van der Waals surface area contributed by atoms with E-state index < -0.39 is 28.5 Å². The molecule has 0 bridgehead atoms. The molecule has 1 heterocycles. The van der Waals surface area contributed by atoms with Crippen LogP contribution in [0.5, 0.6) is 11.5 Å². The van der Waals surface area contributed by atoms with Crippen LogP contribution in [0.3, 0.4) is 0 Å². The molecule has 9 heteroatoms. The van der Waals surface area contributed by atoms with Crippen LogP contribution in [0.1, 0.15) is 27.6 Å². The molecule has 2 aromatic carbocycles. The molecule has 2 amide bonds. The van der Waals surface area contributed by atoms with Crippen LogP contribution in [0.25, 0.3) is 0 Å². The van der Waals surface area contributed by atoms with Crippen molar-refractivity contribution in [3.8, 4) is 11.5 Å². The van der Waals surface area contributed by atoms with Crippen molar-refractivity contribution in [3.05, 3.63) is 63.7 Å². The third-order valence-corrected chi connectivity index (χ3v) is 4.14. The molecule has 9 nitrogen and oxygen atoms in total. The lowest BCUT2D eigenvalue weighted by Crippen LogP contribution is -2.39. The van der Waals surface area contributed by atoms with Gasteiger partial charge >= 0.3 is 0 Å². The Bertz CT molecular complexity index is 911. The van der Waals surface area contributed by atoms with Gasteiger partial charge in [-0.1, -0.05) is 6.07 Å². The number of rotatable bonds is 8. The number of ether oxygens (including phenoxy) is 2. The van der Waals surface area contributed by atoms with E-state index in [0.717, 1.165) is 4.90 Å². The van der Waals surface area contributed by atoms with Crippen molar-refractivity contribution in [1.82, 2.24) is 4.90 Å². The van der Waals surface area contributed by atoms with Crippen LogP contribution in [-0.2, 0) is 0 Å². The Balaban J connectivity index is 1.63. The highest BCUT2D eigenvalue weighted by Gasteiger charge is 2.41. The molecule has 0 aliphatic carbocycles. The number of carbonyl (C=O) groups excluding carboxylic acids is 2. The lowest BCUT2D eigenvalue weighted by atomic mass is 10.1. The standard InChI is InChI=1S/C19H18N2O7/c1-2-27-13-6-8-14(9-7-13)28-11-12(22)10-20-18(23)15-4-3-5-16(21(25)26)17(15)19(20)24/h3-9,12,22H,2,10-11H2,1H3. The SMILES string of the molecule is CCOc1ccc(OCC(O)CN2C(=O)c3cccc([N+](=O)[O-])c3C2=O)cc1. The van der Waals surface area contributed by atoms with E-state index in [1.165, 1.54) is 18.2 Å². The van der Waals surface area contributed by atoms with E-state index in [2.05, 4.69) is 0 Å². The first kappa shape index (κ1) is 19.3. The highest BCUT2D eigenvalue weighted by atomic mass is 16.6. The van der Waals surface area contributed by atoms with Gasteiger partial charge in [0.2, 0.25) is 0 Å². The quantitative estimate of drug-likeness (QED) is 0.419. The summed E-state index contributed by atoms with van der Waals surface area (Å²) >= 11 is 0. The summed E-state index contributed by atoms with van der Waals surface area (Å²) in [6, 6.07) is 10.6. The maximum absolute atomic E-state index is 12.5. The fourth-order valence-corrected chi connectivity index (χ4v) is 2.89. The van der Waals surface area contributed by atoms with Crippen molar-refractivity contribution in [2.24, 2.45) is 0 Å². The molecule has 0 saturated carbocycles. The van der Waals surface area contributed by atoms with Crippen molar-refractivity contribution in [3.63, 3.8) is 0 Å². The molecule has 1 aliphatic heterocycles. The molecular weight excluding hydrogens is 368 g/mol. The van der Waals surface area contributed by atoms with E-state index >= 15 is 0 Å². The van der Waals surface area contributed by atoms with Crippen molar-refractivity contribution in [1.29, 1.82) is 0 Å². The van der Waals surface area contributed by atoms with Crippen LogP contribution in [0.15, 0.2) is 42.5 Å². The zero-order chi connectivity index (χ0) is 20.3. The van der Waals surface area contributed by atoms with Crippen molar-refractivity contribution >= 4 is 17.5 Å². The lowest BCUT2D eigenvalue weighted by Gasteiger charge is -2.18. The average Bonchev–Trinajstić information content (AvgIpc) is 2.92. The number of aliphatic hydroxyl groups is 1. The van der Waals surface area contributed by atoms with Crippen LogP contribution in [0, 0.1) is 10.1 Å². The zero-order valence-corrected chi connectivity index (χ0v) is 15.0. The Hall–Kier alpha value is -3.46. The Morgan fingerprint density at radius 2 is 1.71 bits per heavy atom. The minimum absolute atomic E-state index is 0.0427. The first-order valence-electron chi connectivity index (χ1n) is 8.59. The van der Waals surface area contributed by atoms with Gasteiger partial charge in [0.15, 0.2) is 0 Å². The number of hydrogen-bond donors (Lipinski definition) is 1. The first-order valence-corrected chi connectivity index (χ1v) is 8.59. The molecule has 1 aliphatic rings. The first-order chi connectivity index (χ1) is 13.4. The van der Waals surface area contributed by atoms with Crippen LogP contribution < -0.4 is 9.47 Å². The largest absolute Gasteiger partial charge is 0.494 e. The second-order valence-electron chi connectivity index (χ2n) is 6.05. The molecule has 0 aromatic heterocycles. The van der Waals surface area contributed by atoms with Gasteiger partial charge in [-0.25, -0.2) is 0 Å². The van der Waals surface area contributed by atoms with Crippen LogP contribution in [0.4, 0.5) is 5.69 Å². The summed E-state index contributed by atoms with van der Waals surface area (Å²) in [7, 11) is 0. The minimum Gasteiger partial charge on any atom is -0.494 e. The summed E-state index contributed by atoms with van der Waals surface area (Å²) in [5.74, 6) is -0.306. The van der Waals surface area contributed by atoms with Gasteiger partial charge in [-0.3, -0.25) is 24.6 Å². The second-order valence-corrected chi connectivity index (χ2v) is 6.05. The summed E-state index contributed by atoms with van der Waals surface area (Å²) in [4.78, 5) is 36.1. The lowest BCUT2D eigenvalue weighted by molar-refractivity contribution is -0.385. The molecule has 1 N–H and O–H groups in total. The van der Waals surface area contributed by atoms with E-state index in [0.29, 0.717) is 18.1 Å². The molecular formula is C19H18N2O7. The Morgan fingerprint density at radius 1 is 1.07 bits per heavy atom. The summed E-state index contributed by atoms with van der Waals surface area (Å²) in [6.45, 7) is 1.91. The van der Waals surface area contributed by atoms with Gasteiger partial charge in [0.25, 0.3) is 17.5 Å². The molecule has 0 spiro atoms. The van der Waals surface area contributed by atoms with E-state index in [4.69, 9.17) is 9.47 Å². The summed E-state index contributed by atoms with van der Waals surface area (Å²) in [6.07, 6.45) is -1.16. The number of benzene rings is 2. The number of aliphatic hydroxyl groups excluding tert-OH is 1. The average molecular weight is 386 g/mol. The molecule has 2 aromatic rings. The maximum atomic E-state index is 12.5. The minimum atomic E-state index is -1.16. The fraction of sp³-hybridized carbons (Fsp3) is 0.263. The summed E-state index contributed by atoms with van der Waals surface area (Å²) in [5.41, 5.74) is -0.727. The summed E-state index contributed by atoms with van der Waals surface area (Å²) < 4.78 is 10.8. The van der Waals surface area contributed by atoms with Crippen molar-refractivity contribution < 1.29 is 29.1 Å². The number of imide groups is 1. The van der Waals surface area contributed by atoms with E-state index in [1.807, 2.05) is 6.92 Å². The molecule has 146 valence electrons. The highest BCUT2D eigenvalue weighted by Crippen LogP contribution is 2.30. The zero-order valence-electron chi connectivity index (χ0n) is 15.0. The smallest absolute Gasteiger partial charge is 0.282 e. The third-order valence-electron chi connectivity index (χ3n) is 4.14. The topological polar surface area (TPSA) is 119 Å². The predicted octanol–water partition coefficient (Wildman–Crippen LogP) is 2.03. The number of carbonyl (C=O) groups is 2. The second kappa shape index (κ2) is 8.05. The van der Waals surface area contributed by atoms with E-state index in [1.54, 1.807) is 24.3 Å². The van der Waals surface area contributed by atoms with Crippen molar-refractivity contribution in [2.45, 2.75) is 13.0 Å². The molecule has 3 rings (SSSR count). The predicted molar refractivity (Wildman–Crippen MR) is 97.6 cm³/mol. The molecule has 1 unspecified atom stereocenters. The van der Waals surface area contributed by atoms with E-state index in [-0.39, 0.29) is 24.3 Å². The number of fused-ring (bicyclic) bond motifs is 1. The van der Waals surface area contributed by atoms with Crippen LogP contribution in [0.2, 0.25) is 0 Å². The van der Waals surface area contributed by atoms with Gasteiger partial charge in [-0.2, -0.15) is 0 Å². The Labute approximate surface area is 160 Å². The summed E-state index contributed by atoms with van der Waals surface area (Å²) in [5, 5.41) is 21.3. The number of nitro benzene ring substituents is 1. The molecule has 0 radical (unpaired) electrons. The van der Waals surface area contributed by atoms with Crippen LogP contribution in [-0.4, -0.2) is 52.6 Å². The molecule has 0 saturated heterocycles. The fourth-order valence-electron chi connectivity index (χ4n) is 2.89. The number of amides is 2. The van der Waals surface area contributed by atoms with Gasteiger partial charge in [0, 0.05) is 6.07 Å². The Kier molecular flexibility index (Phi) is 5.55. The normalized spacial score (nSPS) is 14.0. The maximum Gasteiger partial charge on any atom is 0.282 e. The monoisotopic (exact) mass is 386 g/mol. The third kappa shape index (κ3) is 3.79. The number of nitro groups is 1. The van der Waals surface area contributed by atoms with Crippen LogP contribution >= 0.6 is 0 Å². The van der Waals surface area contributed by atoms with E-state index in [9.17, 15) is 24.8 Å². The van der Waals surface area contributed by atoms with Gasteiger partial charge in [0.05, 0.1) is 23.6 Å². The van der Waals surface area contributed by atoms with Gasteiger partial charge in [-0.05, 0) is 37.3 Å². The van der Waals surface area contributed by atoms with Gasteiger partial charge in [-0.15, -0.1) is 0 Å². The van der Waals surface area contributed by atoms with Gasteiger partial charge < -0.3 is 14.6 Å². The van der Waals surface area contributed by atoms with Gasteiger partial charge in [0.1, 0.15) is 29.8 Å². The highest BCUT2D eigenvalue weighted by molar-refractivity contribution is 6.23. The molecule has 0 fully saturated rings.